The van der Waals surface area contributed by atoms with Gasteiger partial charge in [-0.05, 0) is 18.2 Å². The Labute approximate surface area is 131 Å². The van der Waals surface area contributed by atoms with Crippen molar-refractivity contribution in [3.05, 3.63) is 34.2 Å². The molecule has 2 fully saturated rings. The van der Waals surface area contributed by atoms with Gasteiger partial charge in [0, 0.05) is 38.8 Å². The Morgan fingerprint density at radius 3 is 2.91 bits per heavy atom. The number of urea groups is 1. The SMILES string of the molecule is Cn1c(=O)[nH]c2ccc(C(=O)N3CCN4C(=O)NC[C@H]4C3)cc21. The van der Waals surface area contributed by atoms with Crippen LogP contribution in [0.5, 0.6) is 0 Å². The monoisotopic (exact) mass is 315 g/mol. The molecule has 8 heteroatoms. The highest BCUT2D eigenvalue weighted by atomic mass is 16.2. The summed E-state index contributed by atoms with van der Waals surface area (Å²) in [5.74, 6) is -0.0699. The first-order valence-electron chi connectivity index (χ1n) is 7.57. The summed E-state index contributed by atoms with van der Waals surface area (Å²) in [7, 11) is 1.67. The molecule has 8 nitrogen and oxygen atoms in total. The van der Waals surface area contributed by atoms with Crippen molar-refractivity contribution in [1.82, 2.24) is 24.7 Å². The summed E-state index contributed by atoms with van der Waals surface area (Å²) in [6, 6.07) is 5.21. The van der Waals surface area contributed by atoms with Gasteiger partial charge in [0.25, 0.3) is 5.91 Å². The van der Waals surface area contributed by atoms with E-state index < -0.39 is 0 Å². The van der Waals surface area contributed by atoms with Gasteiger partial charge in [-0.25, -0.2) is 9.59 Å². The van der Waals surface area contributed by atoms with E-state index in [1.807, 2.05) is 0 Å². The van der Waals surface area contributed by atoms with Gasteiger partial charge in [0.2, 0.25) is 0 Å². The number of hydrogen-bond donors (Lipinski definition) is 2. The van der Waals surface area contributed by atoms with Gasteiger partial charge in [-0.15, -0.1) is 0 Å². The van der Waals surface area contributed by atoms with Crippen LogP contribution in [0.1, 0.15) is 10.4 Å². The Morgan fingerprint density at radius 2 is 2.09 bits per heavy atom. The zero-order valence-electron chi connectivity index (χ0n) is 12.7. The molecule has 0 aliphatic carbocycles. The molecule has 3 amide bonds. The number of carbonyl (C=O) groups is 2. The Kier molecular flexibility index (Phi) is 2.93. The lowest BCUT2D eigenvalue weighted by Gasteiger charge is -2.36. The Hall–Kier alpha value is -2.77. The number of aromatic amines is 1. The summed E-state index contributed by atoms with van der Waals surface area (Å²) >= 11 is 0. The second-order valence-electron chi connectivity index (χ2n) is 6.01. The first kappa shape index (κ1) is 13.9. The minimum absolute atomic E-state index is 0.0422. The number of nitrogens with zero attached hydrogens (tertiary/aromatic N) is 3. The van der Waals surface area contributed by atoms with Gasteiger partial charge >= 0.3 is 11.7 Å². The largest absolute Gasteiger partial charge is 0.336 e. The summed E-state index contributed by atoms with van der Waals surface area (Å²) in [5, 5.41) is 2.80. The standard InChI is InChI=1S/C15H17N5O3/c1-18-12-6-9(2-3-11(12)17-15(18)23)13(21)19-4-5-20-10(8-19)7-16-14(20)22/h2-3,6,10H,4-5,7-8H2,1H3,(H,16,22)(H,17,23)/t10-/m0/s1. The van der Waals surface area contributed by atoms with Gasteiger partial charge in [0.15, 0.2) is 0 Å². The van der Waals surface area contributed by atoms with E-state index in [4.69, 9.17) is 0 Å². The average Bonchev–Trinajstić information content (AvgIpc) is 3.07. The molecule has 0 unspecified atom stereocenters. The molecule has 3 heterocycles. The Balaban J connectivity index is 1.61. The van der Waals surface area contributed by atoms with Gasteiger partial charge in [0.1, 0.15) is 0 Å². The highest BCUT2D eigenvalue weighted by Gasteiger charge is 2.37. The van der Waals surface area contributed by atoms with E-state index in [2.05, 4.69) is 10.3 Å². The first-order valence-corrected chi connectivity index (χ1v) is 7.57. The number of aryl methyl sites for hydroxylation is 1. The lowest BCUT2D eigenvalue weighted by molar-refractivity contribution is 0.0617. The van der Waals surface area contributed by atoms with Crippen LogP contribution in [0.3, 0.4) is 0 Å². The summed E-state index contributed by atoms with van der Waals surface area (Å²) in [5.41, 5.74) is 1.77. The molecule has 1 aromatic carbocycles. The fourth-order valence-corrected chi connectivity index (χ4v) is 3.33. The molecular formula is C15H17N5O3. The number of benzene rings is 1. The van der Waals surface area contributed by atoms with Crippen molar-refractivity contribution in [2.75, 3.05) is 26.2 Å². The lowest BCUT2D eigenvalue weighted by atomic mass is 10.1. The van der Waals surface area contributed by atoms with Crippen LogP contribution in [0.4, 0.5) is 4.79 Å². The first-order chi connectivity index (χ1) is 11.0. The van der Waals surface area contributed by atoms with Crippen LogP contribution in [-0.4, -0.2) is 63.5 Å². The van der Waals surface area contributed by atoms with Crippen molar-refractivity contribution < 1.29 is 9.59 Å². The normalized spacial score (nSPS) is 20.7. The van der Waals surface area contributed by atoms with E-state index in [0.29, 0.717) is 42.8 Å². The number of hydrogen-bond acceptors (Lipinski definition) is 3. The van der Waals surface area contributed by atoms with Crippen LogP contribution in [0, 0.1) is 0 Å². The van der Waals surface area contributed by atoms with Gasteiger partial charge < -0.3 is 20.1 Å². The molecular weight excluding hydrogens is 298 g/mol. The van der Waals surface area contributed by atoms with Crippen molar-refractivity contribution in [3.63, 3.8) is 0 Å². The molecule has 1 atom stereocenters. The second-order valence-corrected chi connectivity index (χ2v) is 6.01. The van der Waals surface area contributed by atoms with Crippen LogP contribution in [0.25, 0.3) is 11.0 Å². The van der Waals surface area contributed by atoms with E-state index >= 15 is 0 Å². The number of carbonyl (C=O) groups excluding carboxylic acids is 2. The van der Waals surface area contributed by atoms with Crippen LogP contribution in [0.15, 0.2) is 23.0 Å². The number of H-pyrrole nitrogens is 1. The fourth-order valence-electron chi connectivity index (χ4n) is 3.33. The molecule has 2 aliphatic heterocycles. The highest BCUT2D eigenvalue weighted by Crippen LogP contribution is 2.18. The zero-order chi connectivity index (χ0) is 16.1. The summed E-state index contributed by atoms with van der Waals surface area (Å²) in [6.45, 7) is 2.18. The molecule has 1 aromatic heterocycles. The van der Waals surface area contributed by atoms with E-state index in [-0.39, 0.29) is 23.7 Å². The van der Waals surface area contributed by atoms with E-state index in [0.717, 1.165) is 0 Å². The zero-order valence-corrected chi connectivity index (χ0v) is 12.7. The average molecular weight is 315 g/mol. The van der Waals surface area contributed by atoms with Crippen LogP contribution in [0.2, 0.25) is 0 Å². The lowest BCUT2D eigenvalue weighted by Crippen LogP contribution is -2.53. The number of piperazine rings is 1. The summed E-state index contributed by atoms with van der Waals surface area (Å²) in [6.07, 6.45) is 0. The maximum atomic E-state index is 12.7. The molecule has 2 aromatic rings. The third-order valence-electron chi connectivity index (χ3n) is 4.67. The van der Waals surface area contributed by atoms with Crippen LogP contribution in [-0.2, 0) is 7.05 Å². The summed E-state index contributed by atoms with van der Waals surface area (Å²) < 4.78 is 1.49. The molecule has 2 aliphatic rings. The Morgan fingerprint density at radius 1 is 1.26 bits per heavy atom. The van der Waals surface area contributed by atoms with Crippen molar-refractivity contribution in [3.8, 4) is 0 Å². The maximum Gasteiger partial charge on any atom is 0.326 e. The summed E-state index contributed by atoms with van der Waals surface area (Å²) in [4.78, 5) is 42.3. The third-order valence-corrected chi connectivity index (χ3v) is 4.67. The smallest absolute Gasteiger partial charge is 0.326 e. The third kappa shape index (κ3) is 2.09. The topological polar surface area (TPSA) is 90.4 Å². The number of nitrogens with one attached hydrogen (secondary N) is 2. The van der Waals surface area contributed by atoms with Crippen molar-refractivity contribution in [2.45, 2.75) is 6.04 Å². The van der Waals surface area contributed by atoms with Gasteiger partial charge in [0.05, 0.1) is 17.1 Å². The molecule has 120 valence electrons. The van der Waals surface area contributed by atoms with E-state index in [1.165, 1.54) is 4.57 Å². The van der Waals surface area contributed by atoms with E-state index in [1.54, 1.807) is 35.0 Å². The fraction of sp³-hybridized carbons (Fsp3) is 0.400. The van der Waals surface area contributed by atoms with Gasteiger partial charge in [-0.1, -0.05) is 0 Å². The number of aromatic nitrogens is 2. The predicted octanol–water partition coefficient (Wildman–Crippen LogP) is -0.284. The molecule has 0 saturated carbocycles. The number of imidazole rings is 1. The van der Waals surface area contributed by atoms with Crippen molar-refractivity contribution >= 4 is 23.0 Å². The van der Waals surface area contributed by atoms with Gasteiger partial charge in [-0.3, -0.25) is 9.36 Å². The quantitative estimate of drug-likeness (QED) is 0.758. The molecule has 23 heavy (non-hydrogen) atoms. The van der Waals surface area contributed by atoms with Crippen LogP contribution >= 0.6 is 0 Å². The molecule has 0 spiro atoms. The van der Waals surface area contributed by atoms with Crippen LogP contribution < -0.4 is 11.0 Å². The Bertz CT molecular complexity index is 868. The second kappa shape index (κ2) is 4.87. The molecule has 4 rings (SSSR count). The minimum atomic E-state index is -0.200. The van der Waals surface area contributed by atoms with Crippen molar-refractivity contribution in [1.29, 1.82) is 0 Å². The molecule has 2 N–H and O–H groups in total. The molecule has 0 radical (unpaired) electrons. The number of rotatable bonds is 1. The van der Waals surface area contributed by atoms with E-state index in [9.17, 15) is 14.4 Å². The minimum Gasteiger partial charge on any atom is -0.336 e. The molecule has 2 saturated heterocycles. The highest BCUT2D eigenvalue weighted by molar-refractivity contribution is 5.97. The predicted molar refractivity (Wildman–Crippen MR) is 83.3 cm³/mol. The van der Waals surface area contributed by atoms with Crippen molar-refractivity contribution in [2.24, 2.45) is 7.05 Å². The number of amides is 3. The van der Waals surface area contributed by atoms with Gasteiger partial charge in [-0.2, -0.15) is 0 Å². The maximum absolute atomic E-state index is 12.7. The molecule has 0 bridgehead atoms. The number of fused-ring (bicyclic) bond motifs is 2.